The molecular weight excluding hydrogens is 328 g/mol. The molecule has 2 amide bonds. The van der Waals surface area contributed by atoms with Crippen LogP contribution in [0.2, 0.25) is 0 Å². The van der Waals surface area contributed by atoms with E-state index in [2.05, 4.69) is 10.6 Å². The van der Waals surface area contributed by atoms with E-state index in [9.17, 15) is 9.59 Å². The number of anilines is 1. The van der Waals surface area contributed by atoms with Gasteiger partial charge in [0.1, 0.15) is 11.5 Å². The Morgan fingerprint density at radius 2 is 1.42 bits per heavy atom. The van der Waals surface area contributed by atoms with Crippen molar-refractivity contribution in [3.63, 3.8) is 0 Å². The first-order valence-electron chi connectivity index (χ1n) is 8.12. The van der Waals surface area contributed by atoms with Gasteiger partial charge in [0.05, 0.1) is 0 Å². The van der Waals surface area contributed by atoms with Gasteiger partial charge in [0, 0.05) is 23.9 Å². The smallest absolute Gasteiger partial charge is 0.255 e. The van der Waals surface area contributed by atoms with Crippen molar-refractivity contribution in [1.82, 2.24) is 5.32 Å². The maximum absolute atomic E-state index is 12.4. The van der Waals surface area contributed by atoms with E-state index >= 15 is 0 Å². The SMILES string of the molecule is CNC(=O)c1cccc(NC(=O)c2ccc(Oc3ccccc3)cc2)c1. The van der Waals surface area contributed by atoms with Crippen LogP contribution in [0.15, 0.2) is 78.9 Å². The third-order valence-corrected chi connectivity index (χ3v) is 3.71. The lowest BCUT2D eigenvalue weighted by Crippen LogP contribution is -2.18. The summed E-state index contributed by atoms with van der Waals surface area (Å²) in [5.41, 5.74) is 1.54. The van der Waals surface area contributed by atoms with E-state index in [0.29, 0.717) is 22.6 Å². The maximum atomic E-state index is 12.4. The molecule has 3 aromatic rings. The molecule has 0 radical (unpaired) electrons. The molecule has 0 unspecified atom stereocenters. The lowest BCUT2D eigenvalue weighted by Gasteiger charge is -2.08. The Labute approximate surface area is 151 Å². The maximum Gasteiger partial charge on any atom is 0.255 e. The largest absolute Gasteiger partial charge is 0.457 e. The predicted octanol–water partition coefficient (Wildman–Crippen LogP) is 4.09. The Morgan fingerprint density at radius 3 is 2.12 bits per heavy atom. The first-order chi connectivity index (χ1) is 12.7. The van der Waals surface area contributed by atoms with Crippen LogP contribution in [0.25, 0.3) is 0 Å². The lowest BCUT2D eigenvalue weighted by atomic mass is 10.1. The van der Waals surface area contributed by atoms with Crippen molar-refractivity contribution in [3.05, 3.63) is 90.0 Å². The number of benzene rings is 3. The fourth-order valence-electron chi connectivity index (χ4n) is 2.38. The van der Waals surface area contributed by atoms with Crippen LogP contribution in [0.1, 0.15) is 20.7 Å². The third kappa shape index (κ3) is 4.27. The van der Waals surface area contributed by atoms with E-state index in [1.54, 1.807) is 55.6 Å². The molecule has 5 heteroatoms. The summed E-state index contributed by atoms with van der Waals surface area (Å²) in [5, 5.41) is 5.34. The molecule has 0 fully saturated rings. The summed E-state index contributed by atoms with van der Waals surface area (Å²) >= 11 is 0. The Balaban J connectivity index is 1.68. The zero-order chi connectivity index (χ0) is 18.4. The van der Waals surface area contributed by atoms with Gasteiger partial charge in [-0.15, -0.1) is 0 Å². The number of hydrogen-bond donors (Lipinski definition) is 2. The van der Waals surface area contributed by atoms with E-state index in [4.69, 9.17) is 4.74 Å². The molecule has 26 heavy (non-hydrogen) atoms. The van der Waals surface area contributed by atoms with Gasteiger partial charge >= 0.3 is 0 Å². The molecule has 5 nitrogen and oxygen atoms in total. The Bertz CT molecular complexity index is 906. The molecule has 0 saturated heterocycles. The molecule has 0 aliphatic heterocycles. The van der Waals surface area contributed by atoms with E-state index < -0.39 is 0 Å². The predicted molar refractivity (Wildman–Crippen MR) is 101 cm³/mol. The van der Waals surface area contributed by atoms with Crippen molar-refractivity contribution in [3.8, 4) is 11.5 Å². The summed E-state index contributed by atoms with van der Waals surface area (Å²) in [6.07, 6.45) is 0. The highest BCUT2D eigenvalue weighted by Gasteiger charge is 2.09. The van der Waals surface area contributed by atoms with Crippen LogP contribution in [0.3, 0.4) is 0 Å². The van der Waals surface area contributed by atoms with Crippen LogP contribution in [0.4, 0.5) is 5.69 Å². The summed E-state index contributed by atoms with van der Waals surface area (Å²) in [7, 11) is 1.56. The molecule has 0 aliphatic rings. The molecular formula is C21H18N2O3. The van der Waals surface area contributed by atoms with Gasteiger partial charge in [-0.2, -0.15) is 0 Å². The number of amides is 2. The van der Waals surface area contributed by atoms with Gasteiger partial charge in [-0.05, 0) is 54.6 Å². The molecule has 3 aromatic carbocycles. The van der Waals surface area contributed by atoms with Gasteiger partial charge in [-0.25, -0.2) is 0 Å². The van der Waals surface area contributed by atoms with Crippen LogP contribution < -0.4 is 15.4 Å². The van der Waals surface area contributed by atoms with E-state index in [1.807, 2.05) is 30.3 Å². The fraction of sp³-hybridized carbons (Fsp3) is 0.0476. The van der Waals surface area contributed by atoms with Gasteiger partial charge in [-0.1, -0.05) is 24.3 Å². The molecule has 0 aromatic heterocycles. The molecule has 0 saturated carbocycles. The quantitative estimate of drug-likeness (QED) is 0.731. The first-order valence-corrected chi connectivity index (χ1v) is 8.12. The highest BCUT2D eigenvalue weighted by Crippen LogP contribution is 2.21. The molecule has 0 aliphatic carbocycles. The topological polar surface area (TPSA) is 67.4 Å². The van der Waals surface area contributed by atoms with Crippen molar-refractivity contribution in [1.29, 1.82) is 0 Å². The van der Waals surface area contributed by atoms with Crippen molar-refractivity contribution < 1.29 is 14.3 Å². The number of hydrogen-bond acceptors (Lipinski definition) is 3. The van der Waals surface area contributed by atoms with Gasteiger partial charge < -0.3 is 15.4 Å². The van der Waals surface area contributed by atoms with E-state index in [1.165, 1.54) is 0 Å². The van der Waals surface area contributed by atoms with Crippen molar-refractivity contribution in [2.45, 2.75) is 0 Å². The average molecular weight is 346 g/mol. The van der Waals surface area contributed by atoms with Crippen molar-refractivity contribution >= 4 is 17.5 Å². The zero-order valence-electron chi connectivity index (χ0n) is 14.2. The molecule has 0 bridgehead atoms. The average Bonchev–Trinajstić information content (AvgIpc) is 2.69. The summed E-state index contributed by atoms with van der Waals surface area (Å²) in [4.78, 5) is 24.1. The summed E-state index contributed by atoms with van der Waals surface area (Å²) in [6, 6.07) is 23.0. The van der Waals surface area contributed by atoms with E-state index in [0.717, 1.165) is 5.75 Å². The minimum Gasteiger partial charge on any atom is -0.457 e. The molecule has 0 heterocycles. The standard InChI is InChI=1S/C21H18N2O3/c1-22-20(24)16-6-5-7-17(14-16)23-21(25)15-10-12-19(13-11-15)26-18-8-3-2-4-9-18/h2-14H,1H3,(H,22,24)(H,23,25). The van der Waals surface area contributed by atoms with E-state index in [-0.39, 0.29) is 11.8 Å². The number of ether oxygens (including phenoxy) is 1. The second kappa shape index (κ2) is 7.98. The van der Waals surface area contributed by atoms with Crippen LogP contribution in [0.5, 0.6) is 11.5 Å². The van der Waals surface area contributed by atoms with Crippen LogP contribution in [-0.2, 0) is 0 Å². The van der Waals surface area contributed by atoms with Crippen molar-refractivity contribution in [2.75, 3.05) is 12.4 Å². The first kappa shape index (κ1) is 17.2. The number of nitrogens with one attached hydrogen (secondary N) is 2. The highest BCUT2D eigenvalue weighted by molar-refractivity contribution is 6.05. The third-order valence-electron chi connectivity index (χ3n) is 3.71. The summed E-state index contributed by atoms with van der Waals surface area (Å²) in [5.74, 6) is 0.916. The van der Waals surface area contributed by atoms with Gasteiger partial charge in [0.2, 0.25) is 0 Å². The Kier molecular flexibility index (Phi) is 5.29. The van der Waals surface area contributed by atoms with Gasteiger partial charge in [0.25, 0.3) is 11.8 Å². The summed E-state index contributed by atoms with van der Waals surface area (Å²) < 4.78 is 5.71. The van der Waals surface area contributed by atoms with Crippen LogP contribution in [-0.4, -0.2) is 18.9 Å². The van der Waals surface area contributed by atoms with Crippen LogP contribution >= 0.6 is 0 Å². The molecule has 3 rings (SSSR count). The number of carbonyl (C=O) groups is 2. The number of para-hydroxylation sites is 1. The minimum absolute atomic E-state index is 0.205. The fourth-order valence-corrected chi connectivity index (χ4v) is 2.38. The van der Waals surface area contributed by atoms with Gasteiger partial charge in [-0.3, -0.25) is 9.59 Å². The Hall–Kier alpha value is -3.60. The second-order valence-electron chi connectivity index (χ2n) is 5.55. The second-order valence-corrected chi connectivity index (χ2v) is 5.55. The number of carbonyl (C=O) groups excluding carboxylic acids is 2. The lowest BCUT2D eigenvalue weighted by molar-refractivity contribution is 0.0961. The van der Waals surface area contributed by atoms with Gasteiger partial charge in [0.15, 0.2) is 0 Å². The normalized spacial score (nSPS) is 10.0. The Morgan fingerprint density at radius 1 is 0.731 bits per heavy atom. The molecule has 0 atom stereocenters. The van der Waals surface area contributed by atoms with Crippen LogP contribution in [0, 0.1) is 0 Å². The molecule has 0 spiro atoms. The minimum atomic E-state index is -0.259. The molecule has 130 valence electrons. The monoisotopic (exact) mass is 346 g/mol. The summed E-state index contributed by atoms with van der Waals surface area (Å²) in [6.45, 7) is 0. The zero-order valence-corrected chi connectivity index (χ0v) is 14.2. The van der Waals surface area contributed by atoms with Crippen molar-refractivity contribution in [2.24, 2.45) is 0 Å². The number of rotatable bonds is 5. The highest BCUT2D eigenvalue weighted by atomic mass is 16.5. The molecule has 2 N–H and O–H groups in total.